The highest BCUT2D eigenvalue weighted by Gasteiger charge is 2.18. The van der Waals surface area contributed by atoms with Gasteiger partial charge in [-0.3, -0.25) is 14.6 Å². The number of carbonyl (C=O) groups excluding carboxylic acids is 2. The van der Waals surface area contributed by atoms with Gasteiger partial charge in [-0.1, -0.05) is 6.08 Å². The molecule has 0 aliphatic heterocycles. The molecular formula is C13H17N3O2. The number of amides is 2. The number of pyridine rings is 1. The Bertz CT molecular complexity index is 418. The predicted molar refractivity (Wildman–Crippen MR) is 68.7 cm³/mol. The van der Waals surface area contributed by atoms with Crippen LogP contribution in [-0.4, -0.2) is 22.8 Å². The molecule has 96 valence electrons. The van der Waals surface area contributed by atoms with Crippen LogP contribution in [0.15, 0.2) is 37.2 Å². The zero-order chi connectivity index (χ0) is 13.4. The minimum Gasteiger partial charge on any atom is -0.368 e. The van der Waals surface area contributed by atoms with E-state index < -0.39 is 11.9 Å². The zero-order valence-corrected chi connectivity index (χ0v) is 10.1. The van der Waals surface area contributed by atoms with Crippen LogP contribution in [0.2, 0.25) is 0 Å². The Hall–Kier alpha value is -2.17. The number of nitrogens with zero attached hydrogens (tertiary/aromatic N) is 1. The van der Waals surface area contributed by atoms with Crippen LogP contribution in [0, 0.1) is 0 Å². The highest BCUT2D eigenvalue weighted by Crippen LogP contribution is 2.03. The van der Waals surface area contributed by atoms with Crippen molar-refractivity contribution in [3.8, 4) is 0 Å². The molecule has 0 aliphatic carbocycles. The molecule has 18 heavy (non-hydrogen) atoms. The van der Waals surface area contributed by atoms with Crippen LogP contribution < -0.4 is 11.1 Å². The second kappa shape index (κ2) is 7.21. The van der Waals surface area contributed by atoms with E-state index in [4.69, 9.17) is 5.73 Å². The molecule has 5 heteroatoms. The third-order valence-electron chi connectivity index (χ3n) is 2.47. The number of nitrogens with two attached hydrogens (primary N) is 1. The van der Waals surface area contributed by atoms with Crippen molar-refractivity contribution in [2.75, 3.05) is 0 Å². The monoisotopic (exact) mass is 247 g/mol. The number of allylic oxidation sites excluding steroid dienone is 1. The van der Waals surface area contributed by atoms with E-state index in [2.05, 4.69) is 16.9 Å². The maximum absolute atomic E-state index is 11.8. The average Bonchev–Trinajstić information content (AvgIpc) is 2.38. The van der Waals surface area contributed by atoms with Gasteiger partial charge in [0.2, 0.25) is 5.91 Å². The molecule has 5 nitrogen and oxygen atoms in total. The van der Waals surface area contributed by atoms with Gasteiger partial charge in [-0.2, -0.15) is 0 Å². The molecule has 0 aliphatic rings. The van der Waals surface area contributed by atoms with Gasteiger partial charge in [0, 0.05) is 12.4 Å². The van der Waals surface area contributed by atoms with Crippen LogP contribution in [-0.2, 0) is 4.79 Å². The minimum absolute atomic E-state index is 0.342. The normalized spacial score (nSPS) is 11.6. The van der Waals surface area contributed by atoms with Gasteiger partial charge in [0.15, 0.2) is 0 Å². The summed E-state index contributed by atoms with van der Waals surface area (Å²) in [6, 6.07) is 2.63. The first-order chi connectivity index (χ1) is 8.65. The van der Waals surface area contributed by atoms with Gasteiger partial charge in [-0.05, 0) is 31.4 Å². The lowest BCUT2D eigenvalue weighted by molar-refractivity contribution is -0.120. The van der Waals surface area contributed by atoms with Crippen molar-refractivity contribution in [3.63, 3.8) is 0 Å². The number of rotatable bonds is 7. The van der Waals surface area contributed by atoms with Gasteiger partial charge in [0.25, 0.3) is 5.91 Å². The fraction of sp³-hybridized carbons (Fsp3) is 0.308. The summed E-state index contributed by atoms with van der Waals surface area (Å²) >= 11 is 0. The van der Waals surface area contributed by atoms with E-state index in [0.717, 1.165) is 12.8 Å². The predicted octanol–water partition coefficient (Wildman–Crippen LogP) is 1.02. The van der Waals surface area contributed by atoms with Crippen LogP contribution in [0.3, 0.4) is 0 Å². The lowest BCUT2D eigenvalue weighted by Crippen LogP contribution is -2.44. The number of hydrogen-bond donors (Lipinski definition) is 2. The first-order valence-electron chi connectivity index (χ1n) is 5.76. The van der Waals surface area contributed by atoms with Crippen molar-refractivity contribution >= 4 is 11.8 Å². The highest BCUT2D eigenvalue weighted by molar-refractivity contribution is 5.96. The fourth-order valence-corrected chi connectivity index (χ4v) is 1.49. The van der Waals surface area contributed by atoms with Gasteiger partial charge < -0.3 is 11.1 Å². The van der Waals surface area contributed by atoms with Gasteiger partial charge in [-0.15, -0.1) is 6.58 Å². The summed E-state index contributed by atoms with van der Waals surface area (Å²) in [6.45, 7) is 3.60. The van der Waals surface area contributed by atoms with Gasteiger partial charge >= 0.3 is 0 Å². The maximum atomic E-state index is 11.8. The fourth-order valence-electron chi connectivity index (χ4n) is 1.49. The van der Waals surface area contributed by atoms with Crippen molar-refractivity contribution in [2.45, 2.75) is 25.3 Å². The molecule has 1 atom stereocenters. The lowest BCUT2D eigenvalue weighted by atomic mass is 10.1. The van der Waals surface area contributed by atoms with Gasteiger partial charge in [0.1, 0.15) is 6.04 Å². The molecule has 0 saturated carbocycles. The third kappa shape index (κ3) is 4.37. The number of aromatic nitrogens is 1. The zero-order valence-electron chi connectivity index (χ0n) is 10.1. The third-order valence-corrected chi connectivity index (χ3v) is 2.47. The van der Waals surface area contributed by atoms with Crippen molar-refractivity contribution in [3.05, 3.63) is 42.7 Å². The summed E-state index contributed by atoms with van der Waals surface area (Å²) in [7, 11) is 0. The molecule has 1 aromatic rings. The molecule has 1 heterocycles. The smallest absolute Gasteiger partial charge is 0.253 e. The first kappa shape index (κ1) is 13.9. The second-order valence-electron chi connectivity index (χ2n) is 3.89. The molecule has 0 spiro atoms. The molecule has 0 aromatic carbocycles. The van der Waals surface area contributed by atoms with Crippen molar-refractivity contribution < 1.29 is 9.59 Å². The Morgan fingerprint density at radius 3 is 2.89 bits per heavy atom. The SMILES string of the molecule is C=CCCC[C@H](NC(=O)c1cccnc1)C(N)=O. The molecule has 0 fully saturated rings. The highest BCUT2D eigenvalue weighted by atomic mass is 16.2. The van der Waals surface area contributed by atoms with Crippen LogP contribution in [0.5, 0.6) is 0 Å². The number of carbonyl (C=O) groups is 2. The van der Waals surface area contributed by atoms with E-state index in [1.54, 1.807) is 24.4 Å². The Morgan fingerprint density at radius 2 is 2.33 bits per heavy atom. The molecule has 0 unspecified atom stereocenters. The van der Waals surface area contributed by atoms with Crippen molar-refractivity contribution in [1.82, 2.24) is 10.3 Å². The van der Waals surface area contributed by atoms with Crippen LogP contribution >= 0.6 is 0 Å². The van der Waals surface area contributed by atoms with Gasteiger partial charge in [-0.25, -0.2) is 0 Å². The van der Waals surface area contributed by atoms with Crippen LogP contribution in [0.4, 0.5) is 0 Å². The largest absolute Gasteiger partial charge is 0.368 e. The summed E-state index contributed by atoms with van der Waals surface area (Å²) < 4.78 is 0. The average molecular weight is 247 g/mol. The van der Waals surface area contributed by atoms with Crippen molar-refractivity contribution in [2.24, 2.45) is 5.73 Å². The van der Waals surface area contributed by atoms with E-state index >= 15 is 0 Å². The number of hydrogen-bond acceptors (Lipinski definition) is 3. The number of primary amides is 1. The maximum Gasteiger partial charge on any atom is 0.253 e. The Morgan fingerprint density at radius 1 is 1.56 bits per heavy atom. The molecular weight excluding hydrogens is 230 g/mol. The van der Waals surface area contributed by atoms with Crippen LogP contribution in [0.25, 0.3) is 0 Å². The number of nitrogens with one attached hydrogen (secondary N) is 1. The standard InChI is InChI=1S/C13H17N3O2/c1-2-3-4-7-11(12(14)17)16-13(18)10-6-5-8-15-9-10/h2,5-6,8-9,11H,1,3-4,7H2,(H2,14,17)(H,16,18)/t11-/m0/s1. The van der Waals surface area contributed by atoms with Gasteiger partial charge in [0.05, 0.1) is 5.56 Å². The summed E-state index contributed by atoms with van der Waals surface area (Å²) in [5, 5.41) is 2.60. The second-order valence-corrected chi connectivity index (χ2v) is 3.89. The summed E-state index contributed by atoms with van der Waals surface area (Å²) in [5.41, 5.74) is 5.66. The Kier molecular flexibility index (Phi) is 5.57. The topological polar surface area (TPSA) is 85.1 Å². The quantitative estimate of drug-likeness (QED) is 0.557. The molecule has 0 bridgehead atoms. The molecule has 1 rings (SSSR count). The first-order valence-corrected chi connectivity index (χ1v) is 5.76. The van der Waals surface area contributed by atoms with Crippen molar-refractivity contribution in [1.29, 1.82) is 0 Å². The molecule has 3 N–H and O–H groups in total. The Labute approximate surface area is 106 Å². The number of unbranched alkanes of at least 4 members (excludes halogenated alkanes) is 1. The minimum atomic E-state index is -0.655. The van der Waals surface area contributed by atoms with E-state index in [9.17, 15) is 9.59 Å². The molecule has 0 radical (unpaired) electrons. The summed E-state index contributed by atoms with van der Waals surface area (Å²) in [6.07, 6.45) is 6.83. The lowest BCUT2D eigenvalue weighted by Gasteiger charge is -2.14. The molecule has 0 saturated heterocycles. The van der Waals surface area contributed by atoms with Crippen LogP contribution in [0.1, 0.15) is 29.6 Å². The summed E-state index contributed by atoms with van der Waals surface area (Å²) in [4.78, 5) is 26.9. The van der Waals surface area contributed by atoms with E-state index in [-0.39, 0.29) is 5.91 Å². The summed E-state index contributed by atoms with van der Waals surface area (Å²) in [5.74, 6) is -0.873. The van der Waals surface area contributed by atoms with E-state index in [0.29, 0.717) is 12.0 Å². The van der Waals surface area contributed by atoms with E-state index in [1.807, 2.05) is 0 Å². The Balaban J connectivity index is 2.58. The molecule has 1 aromatic heterocycles. The molecule has 2 amide bonds. The van der Waals surface area contributed by atoms with E-state index in [1.165, 1.54) is 6.20 Å².